The van der Waals surface area contributed by atoms with Crippen LogP contribution in [0.2, 0.25) is 0 Å². The standard InChI is InChI=1S/C10H19N3O2S/c1-9-7-13(2)8-10(9)12-16(14,15)6-4-3-5-11/h9-10,12H,3-4,6-8H2,1-2H3/t9-,10+/m0/s1. The van der Waals surface area contributed by atoms with Crippen LogP contribution in [-0.2, 0) is 10.0 Å². The highest BCUT2D eigenvalue weighted by Gasteiger charge is 2.30. The third-order valence-electron chi connectivity index (χ3n) is 2.83. The lowest BCUT2D eigenvalue weighted by atomic mass is 10.1. The molecule has 0 unspecified atom stereocenters. The molecule has 0 aromatic heterocycles. The van der Waals surface area contributed by atoms with Gasteiger partial charge in [0, 0.05) is 25.6 Å². The molecule has 1 saturated heterocycles. The second kappa shape index (κ2) is 5.62. The average Bonchev–Trinajstić information content (AvgIpc) is 2.44. The van der Waals surface area contributed by atoms with Crippen LogP contribution in [0.4, 0.5) is 0 Å². The first-order chi connectivity index (χ1) is 7.44. The van der Waals surface area contributed by atoms with E-state index in [0.29, 0.717) is 18.8 Å². The molecule has 1 fully saturated rings. The monoisotopic (exact) mass is 245 g/mol. The summed E-state index contributed by atoms with van der Waals surface area (Å²) in [6.07, 6.45) is 0.698. The summed E-state index contributed by atoms with van der Waals surface area (Å²) in [5, 5.41) is 8.35. The number of hydrogen-bond donors (Lipinski definition) is 1. The molecule has 0 amide bonds. The first-order valence-corrected chi connectivity index (χ1v) is 7.15. The maximum Gasteiger partial charge on any atom is 0.211 e. The molecule has 0 spiro atoms. The SMILES string of the molecule is C[C@H]1CN(C)C[C@H]1NS(=O)(=O)CCCC#N. The van der Waals surface area contributed by atoms with Gasteiger partial charge in [-0.1, -0.05) is 6.92 Å². The average molecular weight is 245 g/mol. The molecule has 1 rings (SSSR count). The van der Waals surface area contributed by atoms with E-state index >= 15 is 0 Å². The van der Waals surface area contributed by atoms with Gasteiger partial charge in [-0.15, -0.1) is 0 Å². The van der Waals surface area contributed by atoms with Crippen molar-refractivity contribution in [1.82, 2.24) is 9.62 Å². The minimum absolute atomic E-state index is 0.0112. The molecule has 1 heterocycles. The van der Waals surface area contributed by atoms with Gasteiger partial charge in [-0.05, 0) is 19.4 Å². The Morgan fingerprint density at radius 1 is 1.50 bits per heavy atom. The Hall–Kier alpha value is -0.640. The Bertz CT molecular complexity index is 361. The summed E-state index contributed by atoms with van der Waals surface area (Å²) in [7, 11) is -1.23. The summed E-state index contributed by atoms with van der Waals surface area (Å²) in [4.78, 5) is 2.12. The quantitative estimate of drug-likeness (QED) is 0.700. The Kier molecular flexibility index (Phi) is 4.71. The van der Waals surface area contributed by atoms with E-state index in [1.165, 1.54) is 0 Å². The van der Waals surface area contributed by atoms with E-state index in [1.807, 2.05) is 20.0 Å². The lowest BCUT2D eigenvalue weighted by Gasteiger charge is -2.16. The predicted octanol–water partition coefficient (Wildman–Crippen LogP) is 0.160. The Morgan fingerprint density at radius 2 is 2.19 bits per heavy atom. The van der Waals surface area contributed by atoms with Crippen molar-refractivity contribution < 1.29 is 8.42 Å². The number of unbranched alkanes of at least 4 members (excludes halogenated alkanes) is 1. The predicted molar refractivity (Wildman–Crippen MR) is 62.2 cm³/mol. The lowest BCUT2D eigenvalue weighted by molar-refractivity contribution is 0.400. The molecule has 5 nitrogen and oxygen atoms in total. The normalized spacial score (nSPS) is 26.8. The zero-order valence-corrected chi connectivity index (χ0v) is 10.6. The van der Waals surface area contributed by atoms with Crippen LogP contribution in [0.3, 0.4) is 0 Å². The van der Waals surface area contributed by atoms with Crippen LogP contribution in [0.5, 0.6) is 0 Å². The van der Waals surface area contributed by atoms with Crippen LogP contribution in [0.15, 0.2) is 0 Å². The van der Waals surface area contributed by atoms with Gasteiger partial charge in [0.15, 0.2) is 0 Å². The van der Waals surface area contributed by atoms with E-state index < -0.39 is 10.0 Å². The van der Waals surface area contributed by atoms with Crippen molar-refractivity contribution in [2.75, 3.05) is 25.9 Å². The molecule has 0 saturated carbocycles. The largest absolute Gasteiger partial charge is 0.304 e. The molecule has 0 aromatic carbocycles. The Labute approximate surface area is 97.5 Å². The number of likely N-dealkylation sites (tertiary alicyclic amines) is 1. The molecule has 0 aliphatic carbocycles. The van der Waals surface area contributed by atoms with Crippen molar-refractivity contribution in [3.05, 3.63) is 0 Å². The van der Waals surface area contributed by atoms with Gasteiger partial charge in [0.2, 0.25) is 10.0 Å². The van der Waals surface area contributed by atoms with Gasteiger partial charge < -0.3 is 4.90 Å². The van der Waals surface area contributed by atoms with Crippen molar-refractivity contribution in [3.63, 3.8) is 0 Å². The van der Waals surface area contributed by atoms with Gasteiger partial charge in [0.25, 0.3) is 0 Å². The fourth-order valence-electron chi connectivity index (χ4n) is 1.99. The van der Waals surface area contributed by atoms with Crippen LogP contribution in [-0.4, -0.2) is 45.2 Å². The summed E-state index contributed by atoms with van der Waals surface area (Å²) < 4.78 is 26.1. The number of hydrogen-bond acceptors (Lipinski definition) is 4. The van der Waals surface area contributed by atoms with E-state index in [0.717, 1.165) is 13.1 Å². The fourth-order valence-corrected chi connectivity index (χ4v) is 3.40. The van der Waals surface area contributed by atoms with Crippen LogP contribution in [0, 0.1) is 17.2 Å². The number of nitrogens with one attached hydrogen (secondary N) is 1. The second-order valence-corrected chi connectivity index (χ2v) is 6.38. The molecule has 92 valence electrons. The number of nitriles is 1. The van der Waals surface area contributed by atoms with Gasteiger partial charge in [-0.25, -0.2) is 13.1 Å². The Morgan fingerprint density at radius 3 is 2.69 bits per heavy atom. The maximum absolute atomic E-state index is 11.7. The van der Waals surface area contributed by atoms with E-state index in [-0.39, 0.29) is 11.8 Å². The highest BCUT2D eigenvalue weighted by Crippen LogP contribution is 2.15. The van der Waals surface area contributed by atoms with Crippen LogP contribution in [0.25, 0.3) is 0 Å². The minimum Gasteiger partial charge on any atom is -0.304 e. The topological polar surface area (TPSA) is 73.2 Å². The molecule has 0 radical (unpaired) electrons. The van der Waals surface area contributed by atoms with Crippen LogP contribution >= 0.6 is 0 Å². The highest BCUT2D eigenvalue weighted by molar-refractivity contribution is 7.89. The summed E-state index contributed by atoms with van der Waals surface area (Å²) in [5.74, 6) is 0.392. The summed E-state index contributed by atoms with van der Waals surface area (Å²) >= 11 is 0. The molecule has 1 aliphatic heterocycles. The van der Waals surface area contributed by atoms with Crippen LogP contribution < -0.4 is 4.72 Å². The third kappa shape index (κ3) is 4.08. The number of rotatable bonds is 5. The Balaban J connectivity index is 2.44. The van der Waals surface area contributed by atoms with Crippen molar-refractivity contribution in [2.24, 2.45) is 5.92 Å². The lowest BCUT2D eigenvalue weighted by Crippen LogP contribution is -2.40. The van der Waals surface area contributed by atoms with Gasteiger partial charge in [0.1, 0.15) is 0 Å². The number of likely N-dealkylation sites (N-methyl/N-ethyl adjacent to an activating group) is 1. The number of sulfonamides is 1. The smallest absolute Gasteiger partial charge is 0.211 e. The molecule has 0 bridgehead atoms. The fraction of sp³-hybridized carbons (Fsp3) is 0.900. The molecule has 1 aliphatic rings. The highest BCUT2D eigenvalue weighted by atomic mass is 32.2. The van der Waals surface area contributed by atoms with Gasteiger partial charge >= 0.3 is 0 Å². The van der Waals surface area contributed by atoms with E-state index in [1.54, 1.807) is 0 Å². The zero-order chi connectivity index (χ0) is 12.2. The third-order valence-corrected chi connectivity index (χ3v) is 4.32. The zero-order valence-electron chi connectivity index (χ0n) is 9.81. The summed E-state index contributed by atoms with van der Waals surface area (Å²) in [5.41, 5.74) is 0. The molecule has 0 aromatic rings. The second-order valence-electron chi connectivity index (χ2n) is 4.50. The number of nitrogens with zero attached hydrogens (tertiary/aromatic N) is 2. The van der Waals surface area contributed by atoms with Crippen molar-refractivity contribution in [3.8, 4) is 6.07 Å². The first kappa shape index (κ1) is 13.4. The van der Waals surface area contributed by atoms with E-state index in [4.69, 9.17) is 5.26 Å². The van der Waals surface area contributed by atoms with Gasteiger partial charge in [-0.2, -0.15) is 5.26 Å². The van der Waals surface area contributed by atoms with Crippen molar-refractivity contribution >= 4 is 10.0 Å². The minimum atomic E-state index is -3.22. The van der Waals surface area contributed by atoms with Gasteiger partial charge in [-0.3, -0.25) is 0 Å². The molecule has 1 N–H and O–H groups in total. The van der Waals surface area contributed by atoms with Gasteiger partial charge in [0.05, 0.1) is 11.8 Å². The van der Waals surface area contributed by atoms with E-state index in [2.05, 4.69) is 9.62 Å². The molecule has 16 heavy (non-hydrogen) atoms. The molecule has 2 atom stereocenters. The molecular formula is C10H19N3O2S. The summed E-state index contributed by atoms with van der Waals surface area (Å²) in [6, 6.07) is 1.96. The van der Waals surface area contributed by atoms with Crippen LogP contribution in [0.1, 0.15) is 19.8 Å². The van der Waals surface area contributed by atoms with Crippen molar-refractivity contribution in [2.45, 2.75) is 25.8 Å². The first-order valence-electron chi connectivity index (χ1n) is 5.50. The van der Waals surface area contributed by atoms with Crippen molar-refractivity contribution in [1.29, 1.82) is 5.26 Å². The van der Waals surface area contributed by atoms with E-state index in [9.17, 15) is 8.42 Å². The summed E-state index contributed by atoms with van der Waals surface area (Å²) in [6.45, 7) is 3.73. The molecule has 6 heteroatoms. The molecular weight excluding hydrogens is 226 g/mol. The maximum atomic E-state index is 11.7.